The van der Waals surface area contributed by atoms with Gasteiger partial charge in [0.05, 0.1) is 15.6 Å². The van der Waals surface area contributed by atoms with E-state index in [1.165, 1.54) is 12.1 Å². The summed E-state index contributed by atoms with van der Waals surface area (Å²) in [5.41, 5.74) is 10.6. The molecule has 0 spiro atoms. The zero-order valence-corrected chi connectivity index (χ0v) is 14.5. The third-order valence-electron chi connectivity index (χ3n) is 3.84. The summed E-state index contributed by atoms with van der Waals surface area (Å²) in [6.07, 6.45) is 1.47. The van der Waals surface area contributed by atoms with E-state index in [2.05, 4.69) is 5.32 Å². The Morgan fingerprint density at radius 3 is 2.46 bits per heavy atom. The second-order valence-electron chi connectivity index (χ2n) is 5.44. The fourth-order valence-electron chi connectivity index (χ4n) is 1.90. The Kier molecular flexibility index (Phi) is 7.18. The number of nitro benzene ring substituents is 1. The molecule has 0 aromatic heterocycles. The molecular weight excluding hydrogens is 332 g/mol. The Morgan fingerprint density at radius 1 is 1.33 bits per heavy atom. The normalized spacial score (nSPS) is 11.1. The molecule has 0 radical (unpaired) electrons. The van der Waals surface area contributed by atoms with E-state index in [-0.39, 0.29) is 22.9 Å². The molecule has 0 aliphatic heterocycles. The smallest absolute Gasteiger partial charge is 0.283 e. The summed E-state index contributed by atoms with van der Waals surface area (Å²) in [5, 5.41) is 13.8. The van der Waals surface area contributed by atoms with Crippen LogP contribution < -0.4 is 16.8 Å². The minimum Gasteiger partial charge on any atom is -0.366 e. The van der Waals surface area contributed by atoms with Crippen molar-refractivity contribution in [1.29, 1.82) is 0 Å². The lowest BCUT2D eigenvalue weighted by Gasteiger charge is -2.26. The molecule has 1 aromatic carbocycles. The van der Waals surface area contributed by atoms with E-state index in [1.54, 1.807) is 0 Å². The van der Waals surface area contributed by atoms with Gasteiger partial charge >= 0.3 is 0 Å². The number of hydrogen-bond acceptors (Lipinski definition) is 6. The first kappa shape index (κ1) is 19.9. The lowest BCUT2D eigenvalue weighted by Crippen LogP contribution is -2.49. The van der Waals surface area contributed by atoms with Crippen molar-refractivity contribution in [3.8, 4) is 0 Å². The van der Waals surface area contributed by atoms with Crippen molar-refractivity contribution in [2.24, 2.45) is 11.5 Å². The number of carbonyl (C=O) groups excluding carboxylic acids is 2. The molecule has 5 N–H and O–H groups in total. The number of nitrogens with one attached hydrogen (secondary N) is 1. The van der Waals surface area contributed by atoms with Crippen LogP contribution in [0.1, 0.15) is 37.0 Å². The summed E-state index contributed by atoms with van der Waals surface area (Å²) in [4.78, 5) is 33.8. The zero-order valence-electron chi connectivity index (χ0n) is 13.7. The Morgan fingerprint density at radius 2 is 1.96 bits per heavy atom. The van der Waals surface area contributed by atoms with Crippen LogP contribution in [-0.2, 0) is 4.79 Å². The molecule has 0 fully saturated rings. The summed E-state index contributed by atoms with van der Waals surface area (Å²) in [6, 6.07) is 3.93. The summed E-state index contributed by atoms with van der Waals surface area (Å²) in [7, 11) is 0. The van der Waals surface area contributed by atoms with Crippen LogP contribution in [0.25, 0.3) is 0 Å². The molecule has 0 aliphatic rings. The predicted octanol–water partition coefficient (Wildman–Crippen LogP) is 1.42. The van der Waals surface area contributed by atoms with Crippen molar-refractivity contribution in [2.45, 2.75) is 37.1 Å². The Bertz CT molecular complexity index is 632. The number of benzene rings is 1. The van der Waals surface area contributed by atoms with Crippen LogP contribution in [0, 0.1) is 10.1 Å². The topological polar surface area (TPSA) is 141 Å². The molecule has 132 valence electrons. The average Bonchev–Trinajstić information content (AvgIpc) is 2.57. The molecule has 1 rings (SSSR count). The van der Waals surface area contributed by atoms with Crippen molar-refractivity contribution in [2.75, 3.05) is 12.3 Å². The van der Waals surface area contributed by atoms with Crippen molar-refractivity contribution in [1.82, 2.24) is 5.32 Å². The van der Waals surface area contributed by atoms with Crippen molar-refractivity contribution in [3.63, 3.8) is 0 Å². The average molecular weight is 354 g/mol. The first-order valence-electron chi connectivity index (χ1n) is 7.49. The third kappa shape index (κ3) is 5.50. The number of amides is 2. The molecule has 8 nitrogen and oxygen atoms in total. The molecule has 0 atom stereocenters. The molecule has 2 amide bonds. The maximum Gasteiger partial charge on any atom is 0.283 e. The van der Waals surface area contributed by atoms with E-state index >= 15 is 0 Å². The minimum absolute atomic E-state index is 0.0142. The minimum atomic E-state index is -0.745. The second kappa shape index (κ2) is 8.65. The number of hydrogen-bond donors (Lipinski definition) is 3. The number of primary amides is 1. The number of nitrogens with two attached hydrogens (primary N) is 2. The number of rotatable bonds is 9. The van der Waals surface area contributed by atoms with E-state index in [0.717, 1.165) is 30.7 Å². The van der Waals surface area contributed by atoms with Gasteiger partial charge < -0.3 is 16.8 Å². The Labute approximate surface area is 144 Å². The largest absolute Gasteiger partial charge is 0.366 e. The predicted molar refractivity (Wildman–Crippen MR) is 92.8 cm³/mol. The van der Waals surface area contributed by atoms with Gasteiger partial charge in [-0.1, -0.05) is 13.8 Å². The summed E-state index contributed by atoms with van der Waals surface area (Å²) in [6.45, 7) is 4.25. The highest BCUT2D eigenvalue weighted by Gasteiger charge is 2.22. The monoisotopic (exact) mass is 354 g/mol. The zero-order chi connectivity index (χ0) is 18.3. The SMILES string of the molecule is CCC(N)(CC)CNC(=O)CSc1ccc(C(N)=O)cc1[N+](=O)[O-]. The highest BCUT2D eigenvalue weighted by atomic mass is 32.2. The van der Waals surface area contributed by atoms with Gasteiger partial charge in [-0.3, -0.25) is 19.7 Å². The highest BCUT2D eigenvalue weighted by Crippen LogP contribution is 2.30. The Balaban J connectivity index is 2.72. The lowest BCUT2D eigenvalue weighted by atomic mass is 9.94. The van der Waals surface area contributed by atoms with Crippen LogP contribution in [-0.4, -0.2) is 34.6 Å². The van der Waals surface area contributed by atoms with Crippen LogP contribution >= 0.6 is 11.8 Å². The van der Waals surface area contributed by atoms with Gasteiger partial charge in [-0.25, -0.2) is 0 Å². The van der Waals surface area contributed by atoms with E-state index in [1.807, 2.05) is 13.8 Å². The van der Waals surface area contributed by atoms with Crippen molar-refractivity contribution >= 4 is 29.3 Å². The van der Waals surface area contributed by atoms with Gasteiger partial charge in [0.25, 0.3) is 5.69 Å². The molecule has 0 heterocycles. The van der Waals surface area contributed by atoms with Gasteiger partial charge in [-0.15, -0.1) is 11.8 Å². The molecule has 0 aliphatic carbocycles. The van der Waals surface area contributed by atoms with Crippen LogP contribution in [0.15, 0.2) is 23.1 Å². The molecule has 24 heavy (non-hydrogen) atoms. The molecular formula is C15H22N4O4S. The standard InChI is InChI=1S/C15H22N4O4S/c1-3-15(17,4-2)9-18-13(20)8-24-12-6-5-10(14(16)21)7-11(12)19(22)23/h5-7H,3-4,8-9,17H2,1-2H3,(H2,16,21)(H,18,20). The van der Waals surface area contributed by atoms with Gasteiger partial charge in [-0.05, 0) is 25.0 Å². The van der Waals surface area contributed by atoms with Gasteiger partial charge in [0.2, 0.25) is 11.8 Å². The number of nitro groups is 1. The molecule has 0 saturated heterocycles. The van der Waals surface area contributed by atoms with E-state index in [9.17, 15) is 19.7 Å². The fourth-order valence-corrected chi connectivity index (χ4v) is 2.74. The number of carbonyl (C=O) groups is 2. The first-order valence-corrected chi connectivity index (χ1v) is 8.47. The number of thioether (sulfide) groups is 1. The second-order valence-corrected chi connectivity index (χ2v) is 6.46. The van der Waals surface area contributed by atoms with Gasteiger partial charge in [0.15, 0.2) is 0 Å². The number of nitrogens with zero attached hydrogens (tertiary/aromatic N) is 1. The maximum absolute atomic E-state index is 11.9. The molecule has 0 unspecified atom stereocenters. The van der Waals surface area contributed by atoms with E-state index < -0.39 is 16.4 Å². The first-order chi connectivity index (χ1) is 11.2. The van der Waals surface area contributed by atoms with Crippen molar-refractivity contribution < 1.29 is 14.5 Å². The van der Waals surface area contributed by atoms with Crippen molar-refractivity contribution in [3.05, 3.63) is 33.9 Å². The fraction of sp³-hybridized carbons (Fsp3) is 0.467. The van der Waals surface area contributed by atoms with Crippen LogP contribution in [0.2, 0.25) is 0 Å². The summed E-state index contributed by atoms with van der Waals surface area (Å²) in [5.74, 6) is -0.990. The lowest BCUT2D eigenvalue weighted by molar-refractivity contribution is -0.387. The summed E-state index contributed by atoms with van der Waals surface area (Å²) < 4.78 is 0. The van der Waals surface area contributed by atoms with Gasteiger partial charge in [-0.2, -0.15) is 0 Å². The Hall–Kier alpha value is -2.13. The van der Waals surface area contributed by atoms with E-state index in [0.29, 0.717) is 11.4 Å². The highest BCUT2D eigenvalue weighted by molar-refractivity contribution is 8.00. The third-order valence-corrected chi connectivity index (χ3v) is 4.91. The summed E-state index contributed by atoms with van der Waals surface area (Å²) >= 11 is 1.02. The van der Waals surface area contributed by atoms with Gasteiger partial charge in [0.1, 0.15) is 0 Å². The molecule has 1 aromatic rings. The van der Waals surface area contributed by atoms with Gasteiger partial charge in [0, 0.05) is 23.7 Å². The quantitative estimate of drug-likeness (QED) is 0.348. The maximum atomic E-state index is 11.9. The van der Waals surface area contributed by atoms with Crippen LogP contribution in [0.3, 0.4) is 0 Å². The molecule has 9 heteroatoms. The van der Waals surface area contributed by atoms with Crippen LogP contribution in [0.5, 0.6) is 0 Å². The van der Waals surface area contributed by atoms with Crippen LogP contribution in [0.4, 0.5) is 5.69 Å². The van der Waals surface area contributed by atoms with E-state index in [4.69, 9.17) is 11.5 Å². The molecule has 0 bridgehead atoms. The molecule has 0 saturated carbocycles.